The molecule has 4 heteroatoms. The van der Waals surface area contributed by atoms with Gasteiger partial charge in [-0.25, -0.2) is 9.97 Å². The van der Waals surface area contributed by atoms with E-state index in [9.17, 15) is 0 Å². The Kier molecular flexibility index (Phi) is 3.27. The van der Waals surface area contributed by atoms with Crippen LogP contribution in [0, 0.1) is 20.8 Å². The number of aromatic nitrogens is 4. The third kappa shape index (κ3) is 2.22. The van der Waals surface area contributed by atoms with Crippen LogP contribution < -0.4 is 0 Å². The molecule has 0 N–H and O–H groups in total. The summed E-state index contributed by atoms with van der Waals surface area (Å²) in [6.07, 6.45) is 5.74. The molecule has 120 valence electrons. The number of imidazole rings is 2. The second-order valence-electron chi connectivity index (χ2n) is 6.43. The molecule has 2 heterocycles. The molecular weight excluding hydrogens is 296 g/mol. The van der Waals surface area contributed by atoms with Gasteiger partial charge < -0.3 is 4.57 Å². The highest BCUT2D eigenvalue weighted by atomic mass is 15.1. The van der Waals surface area contributed by atoms with Crippen LogP contribution in [0.1, 0.15) is 16.7 Å². The number of rotatable bonds is 2. The van der Waals surface area contributed by atoms with Crippen LogP contribution >= 0.6 is 0 Å². The van der Waals surface area contributed by atoms with E-state index in [1.807, 2.05) is 30.3 Å². The van der Waals surface area contributed by atoms with Crippen molar-refractivity contribution in [3.05, 3.63) is 65.7 Å². The normalized spacial score (nSPS) is 11.3. The highest BCUT2D eigenvalue weighted by Crippen LogP contribution is 2.28. The molecule has 0 aliphatic carbocycles. The number of hydrogen-bond acceptors (Lipinski definition) is 2. The van der Waals surface area contributed by atoms with Crippen LogP contribution in [0.2, 0.25) is 0 Å². The zero-order chi connectivity index (χ0) is 16.8. The minimum Gasteiger partial charge on any atom is -0.334 e. The molecule has 0 atom stereocenters. The van der Waals surface area contributed by atoms with Crippen LogP contribution in [-0.4, -0.2) is 19.1 Å². The molecule has 4 rings (SSSR count). The van der Waals surface area contributed by atoms with Crippen LogP contribution in [0.5, 0.6) is 0 Å². The first-order valence-electron chi connectivity index (χ1n) is 8.07. The maximum absolute atomic E-state index is 4.62. The van der Waals surface area contributed by atoms with E-state index in [0.29, 0.717) is 0 Å². The van der Waals surface area contributed by atoms with Gasteiger partial charge in [0.25, 0.3) is 0 Å². The average Bonchev–Trinajstić information content (AvgIpc) is 3.14. The fourth-order valence-electron chi connectivity index (χ4n) is 3.52. The van der Waals surface area contributed by atoms with Crippen molar-refractivity contribution in [3.8, 4) is 17.1 Å². The van der Waals surface area contributed by atoms with Gasteiger partial charge in [0.2, 0.25) is 0 Å². The van der Waals surface area contributed by atoms with Gasteiger partial charge in [-0.2, -0.15) is 0 Å². The quantitative estimate of drug-likeness (QED) is 0.551. The summed E-state index contributed by atoms with van der Waals surface area (Å²) in [6.45, 7) is 6.45. The second kappa shape index (κ2) is 5.34. The van der Waals surface area contributed by atoms with Crippen LogP contribution in [0.25, 0.3) is 28.1 Å². The van der Waals surface area contributed by atoms with E-state index in [4.69, 9.17) is 0 Å². The Morgan fingerprint density at radius 2 is 1.67 bits per heavy atom. The van der Waals surface area contributed by atoms with E-state index >= 15 is 0 Å². The molecule has 0 unspecified atom stereocenters. The van der Waals surface area contributed by atoms with Crippen molar-refractivity contribution in [1.82, 2.24) is 19.1 Å². The van der Waals surface area contributed by atoms with E-state index < -0.39 is 0 Å². The Labute approximate surface area is 141 Å². The van der Waals surface area contributed by atoms with Crippen LogP contribution in [0.15, 0.2) is 49.1 Å². The predicted octanol–water partition coefficient (Wildman–Crippen LogP) is 4.35. The van der Waals surface area contributed by atoms with Crippen molar-refractivity contribution in [2.75, 3.05) is 0 Å². The first-order chi connectivity index (χ1) is 11.5. The number of fused-ring (bicyclic) bond motifs is 1. The minimum absolute atomic E-state index is 0.952. The summed E-state index contributed by atoms with van der Waals surface area (Å²) in [5.41, 5.74) is 8.21. The standard InChI is InChI=1S/C20H20N4/c1-13-9-14(2)19(15(3)10-13)24-8-7-21-20(24)16-5-6-17-18(11-16)23(4)12-22-17/h5-12H,1-4H3. The van der Waals surface area contributed by atoms with Gasteiger partial charge in [0, 0.05) is 25.0 Å². The van der Waals surface area contributed by atoms with E-state index in [-0.39, 0.29) is 0 Å². The number of nitrogens with zero attached hydrogens (tertiary/aromatic N) is 4. The molecule has 4 nitrogen and oxygen atoms in total. The number of hydrogen-bond donors (Lipinski definition) is 0. The summed E-state index contributed by atoms with van der Waals surface area (Å²) in [4.78, 5) is 9.02. The molecule has 0 fully saturated rings. The molecule has 0 spiro atoms. The molecule has 0 bridgehead atoms. The van der Waals surface area contributed by atoms with Gasteiger partial charge in [-0.3, -0.25) is 4.57 Å². The maximum atomic E-state index is 4.62. The lowest BCUT2D eigenvalue weighted by atomic mass is 10.0. The zero-order valence-electron chi connectivity index (χ0n) is 14.4. The first kappa shape index (κ1) is 14.7. The Morgan fingerprint density at radius 3 is 2.42 bits per heavy atom. The number of benzene rings is 2. The fraction of sp³-hybridized carbons (Fsp3) is 0.200. The van der Waals surface area contributed by atoms with Crippen LogP contribution in [0.4, 0.5) is 0 Å². The van der Waals surface area contributed by atoms with Crippen LogP contribution in [0.3, 0.4) is 0 Å². The molecule has 0 aliphatic rings. The van der Waals surface area contributed by atoms with Crippen LogP contribution in [-0.2, 0) is 7.05 Å². The van der Waals surface area contributed by atoms with Crippen molar-refractivity contribution in [2.24, 2.45) is 7.05 Å². The Hall–Kier alpha value is -2.88. The van der Waals surface area contributed by atoms with Crippen molar-refractivity contribution in [1.29, 1.82) is 0 Å². The van der Waals surface area contributed by atoms with Gasteiger partial charge in [0.05, 0.1) is 23.0 Å². The van der Waals surface area contributed by atoms with E-state index in [0.717, 1.165) is 22.4 Å². The molecule has 0 radical (unpaired) electrons. The van der Waals surface area contributed by atoms with Crippen molar-refractivity contribution >= 4 is 11.0 Å². The van der Waals surface area contributed by atoms with Gasteiger partial charge in [0.15, 0.2) is 0 Å². The largest absolute Gasteiger partial charge is 0.334 e. The second-order valence-corrected chi connectivity index (χ2v) is 6.43. The maximum Gasteiger partial charge on any atom is 0.144 e. The Balaban J connectivity index is 1.93. The lowest BCUT2D eigenvalue weighted by Gasteiger charge is -2.15. The van der Waals surface area contributed by atoms with Gasteiger partial charge >= 0.3 is 0 Å². The topological polar surface area (TPSA) is 35.6 Å². The molecule has 0 saturated carbocycles. The first-order valence-corrected chi connectivity index (χ1v) is 8.07. The van der Waals surface area contributed by atoms with Gasteiger partial charge in [0.1, 0.15) is 5.82 Å². The highest BCUT2D eigenvalue weighted by Gasteiger charge is 2.13. The van der Waals surface area contributed by atoms with Gasteiger partial charge in [-0.15, -0.1) is 0 Å². The summed E-state index contributed by atoms with van der Waals surface area (Å²) in [5, 5.41) is 0. The van der Waals surface area contributed by atoms with E-state index in [1.54, 1.807) is 0 Å². The predicted molar refractivity (Wildman–Crippen MR) is 97.5 cm³/mol. The molecule has 24 heavy (non-hydrogen) atoms. The third-order valence-electron chi connectivity index (χ3n) is 4.50. The minimum atomic E-state index is 0.952. The summed E-state index contributed by atoms with van der Waals surface area (Å²) in [5.74, 6) is 0.952. The monoisotopic (exact) mass is 316 g/mol. The molecular formula is C20H20N4. The summed E-state index contributed by atoms with van der Waals surface area (Å²) < 4.78 is 4.22. The molecule has 0 amide bonds. The average molecular weight is 316 g/mol. The van der Waals surface area contributed by atoms with Gasteiger partial charge in [-0.1, -0.05) is 17.7 Å². The lowest BCUT2D eigenvalue weighted by molar-refractivity contribution is 0.947. The Morgan fingerprint density at radius 1 is 0.917 bits per heavy atom. The fourth-order valence-corrected chi connectivity index (χ4v) is 3.52. The summed E-state index contributed by atoms with van der Waals surface area (Å²) in [7, 11) is 2.01. The lowest BCUT2D eigenvalue weighted by Crippen LogP contribution is -2.02. The molecule has 2 aromatic carbocycles. The van der Waals surface area contributed by atoms with E-state index in [1.165, 1.54) is 22.4 Å². The molecule has 0 aliphatic heterocycles. The number of aryl methyl sites for hydroxylation is 4. The van der Waals surface area contributed by atoms with Gasteiger partial charge in [-0.05, 0) is 50.1 Å². The highest BCUT2D eigenvalue weighted by molar-refractivity contribution is 5.81. The summed E-state index contributed by atoms with van der Waals surface area (Å²) in [6, 6.07) is 10.7. The zero-order valence-corrected chi connectivity index (χ0v) is 14.4. The third-order valence-corrected chi connectivity index (χ3v) is 4.50. The summed E-state index contributed by atoms with van der Waals surface area (Å²) >= 11 is 0. The van der Waals surface area contributed by atoms with E-state index in [2.05, 4.69) is 65.6 Å². The van der Waals surface area contributed by atoms with Crippen molar-refractivity contribution in [2.45, 2.75) is 20.8 Å². The molecule has 4 aromatic rings. The van der Waals surface area contributed by atoms with Crippen molar-refractivity contribution < 1.29 is 0 Å². The van der Waals surface area contributed by atoms with Crippen molar-refractivity contribution in [3.63, 3.8) is 0 Å². The SMILES string of the molecule is Cc1cc(C)c(-n2ccnc2-c2ccc3ncn(C)c3c2)c(C)c1. The molecule has 0 saturated heterocycles. The molecule has 2 aromatic heterocycles. The smallest absolute Gasteiger partial charge is 0.144 e. The Bertz CT molecular complexity index is 1030.